The van der Waals surface area contributed by atoms with Crippen molar-refractivity contribution in [2.75, 3.05) is 24.7 Å². The Morgan fingerprint density at radius 3 is 2.44 bits per heavy atom. The van der Waals surface area contributed by atoms with Crippen molar-refractivity contribution in [1.29, 1.82) is 0 Å². The molecule has 0 aromatic heterocycles. The van der Waals surface area contributed by atoms with Crippen LogP contribution in [0.4, 0.5) is 11.4 Å². The first kappa shape index (κ1) is 14.5. The van der Waals surface area contributed by atoms with E-state index in [1.807, 2.05) is 18.9 Å². The number of hydrogen-bond donors (Lipinski definition) is 3. The lowest BCUT2D eigenvalue weighted by Gasteiger charge is -2.28. The summed E-state index contributed by atoms with van der Waals surface area (Å²) in [5, 5.41) is 11.9. The number of carbonyl (C=O) groups excluding carboxylic acids is 1. The maximum atomic E-state index is 12.0. The molecule has 1 aromatic rings. The fourth-order valence-electron chi connectivity index (χ4n) is 1.51. The van der Waals surface area contributed by atoms with Gasteiger partial charge in [0.05, 0.1) is 12.6 Å². The van der Waals surface area contributed by atoms with E-state index in [1.54, 1.807) is 31.2 Å². The van der Waals surface area contributed by atoms with Gasteiger partial charge in [-0.1, -0.05) is 0 Å². The lowest BCUT2D eigenvalue weighted by atomic mass is 10.2. The van der Waals surface area contributed by atoms with E-state index >= 15 is 0 Å². The van der Waals surface area contributed by atoms with Crippen LogP contribution in [0.15, 0.2) is 24.3 Å². The van der Waals surface area contributed by atoms with Crippen molar-refractivity contribution >= 4 is 17.3 Å². The topological polar surface area (TPSA) is 78.6 Å². The van der Waals surface area contributed by atoms with Gasteiger partial charge in [0.25, 0.3) is 0 Å². The number of carbonyl (C=O) groups is 1. The molecule has 1 amide bonds. The van der Waals surface area contributed by atoms with Crippen LogP contribution in [0.3, 0.4) is 0 Å². The smallest absolute Gasteiger partial charge is 0.241 e. The second kappa shape index (κ2) is 6.37. The number of aliphatic hydroxyl groups excluding tert-OH is 1. The predicted molar refractivity (Wildman–Crippen MR) is 73.3 cm³/mol. The van der Waals surface area contributed by atoms with Gasteiger partial charge in [0.1, 0.15) is 0 Å². The molecule has 100 valence electrons. The fraction of sp³-hybridized carbons (Fsp3) is 0.462. The lowest BCUT2D eigenvalue weighted by molar-refractivity contribution is -0.121. The van der Waals surface area contributed by atoms with Crippen molar-refractivity contribution in [2.24, 2.45) is 0 Å². The highest BCUT2D eigenvalue weighted by Gasteiger charge is 2.21. The molecular weight excluding hydrogens is 230 g/mol. The Bertz CT molecular complexity index is 392. The van der Waals surface area contributed by atoms with Crippen LogP contribution in [0.5, 0.6) is 0 Å². The van der Waals surface area contributed by atoms with Crippen molar-refractivity contribution in [1.82, 2.24) is 4.90 Å². The molecular formula is C13H21N3O2. The van der Waals surface area contributed by atoms with Crippen molar-refractivity contribution in [3.05, 3.63) is 24.3 Å². The van der Waals surface area contributed by atoms with E-state index in [1.165, 1.54) is 0 Å². The molecule has 0 fully saturated rings. The second-order valence-electron chi connectivity index (χ2n) is 4.48. The normalized spacial score (nSPS) is 14.3. The summed E-state index contributed by atoms with van der Waals surface area (Å²) in [7, 11) is 1.81. The van der Waals surface area contributed by atoms with Crippen molar-refractivity contribution in [2.45, 2.75) is 25.9 Å². The molecule has 1 rings (SSSR count). The van der Waals surface area contributed by atoms with Crippen LogP contribution < -0.4 is 11.1 Å². The molecule has 2 unspecified atom stereocenters. The standard InChI is InChI=1S/C13H21N3O2/c1-9(8-17)16(3)10(2)13(18)15-12-6-4-11(14)5-7-12/h4-7,9-10,17H,8,14H2,1-3H3,(H,15,18). The molecule has 2 atom stereocenters. The van der Waals surface area contributed by atoms with Crippen molar-refractivity contribution in [3.8, 4) is 0 Å². The molecule has 0 heterocycles. The molecule has 0 aliphatic rings. The molecule has 0 saturated heterocycles. The first-order chi connectivity index (χ1) is 8.45. The van der Waals surface area contributed by atoms with E-state index in [2.05, 4.69) is 5.32 Å². The van der Waals surface area contributed by atoms with E-state index < -0.39 is 0 Å². The van der Waals surface area contributed by atoms with Crippen LogP contribution in [-0.4, -0.2) is 41.7 Å². The zero-order chi connectivity index (χ0) is 13.7. The number of anilines is 2. The number of nitrogens with one attached hydrogen (secondary N) is 1. The van der Waals surface area contributed by atoms with E-state index in [4.69, 9.17) is 10.8 Å². The lowest BCUT2D eigenvalue weighted by Crippen LogP contribution is -2.45. The first-order valence-electron chi connectivity index (χ1n) is 5.95. The molecule has 5 nitrogen and oxygen atoms in total. The molecule has 0 bridgehead atoms. The van der Waals surface area contributed by atoms with Gasteiger partial charge in [-0.15, -0.1) is 0 Å². The van der Waals surface area contributed by atoms with Gasteiger partial charge in [0.15, 0.2) is 0 Å². The number of aliphatic hydroxyl groups is 1. The van der Waals surface area contributed by atoms with Crippen molar-refractivity contribution in [3.63, 3.8) is 0 Å². The Morgan fingerprint density at radius 1 is 1.39 bits per heavy atom. The van der Waals surface area contributed by atoms with E-state index in [0.717, 1.165) is 0 Å². The van der Waals surface area contributed by atoms with Gasteiger partial charge in [0.2, 0.25) is 5.91 Å². The quantitative estimate of drug-likeness (QED) is 0.680. The zero-order valence-corrected chi connectivity index (χ0v) is 11.1. The Morgan fingerprint density at radius 2 is 1.94 bits per heavy atom. The van der Waals surface area contributed by atoms with Gasteiger partial charge in [-0.3, -0.25) is 9.69 Å². The highest BCUT2D eigenvalue weighted by Crippen LogP contribution is 2.12. The van der Waals surface area contributed by atoms with E-state index in [-0.39, 0.29) is 24.6 Å². The highest BCUT2D eigenvalue weighted by molar-refractivity contribution is 5.94. The van der Waals surface area contributed by atoms with Crippen LogP contribution in [0.1, 0.15) is 13.8 Å². The van der Waals surface area contributed by atoms with Gasteiger partial charge in [-0.05, 0) is 45.2 Å². The number of nitrogens with zero attached hydrogens (tertiary/aromatic N) is 1. The molecule has 18 heavy (non-hydrogen) atoms. The van der Waals surface area contributed by atoms with Crippen LogP contribution in [0.25, 0.3) is 0 Å². The number of nitrogens with two attached hydrogens (primary N) is 1. The Hall–Kier alpha value is -1.59. The number of nitrogen functional groups attached to an aromatic ring is 1. The van der Waals surface area contributed by atoms with Gasteiger partial charge in [0, 0.05) is 17.4 Å². The molecule has 1 aromatic carbocycles. The Kier molecular flexibility index (Phi) is 5.12. The van der Waals surface area contributed by atoms with Crippen LogP contribution in [0, 0.1) is 0 Å². The maximum absolute atomic E-state index is 12.0. The van der Waals surface area contributed by atoms with Crippen LogP contribution >= 0.6 is 0 Å². The number of hydrogen-bond acceptors (Lipinski definition) is 4. The summed E-state index contributed by atoms with van der Waals surface area (Å²) in [6.45, 7) is 3.70. The second-order valence-corrected chi connectivity index (χ2v) is 4.48. The van der Waals surface area contributed by atoms with Gasteiger partial charge in [-0.2, -0.15) is 0 Å². The zero-order valence-electron chi connectivity index (χ0n) is 11.1. The molecule has 0 aliphatic carbocycles. The molecule has 0 saturated carbocycles. The molecule has 0 spiro atoms. The Balaban J connectivity index is 2.62. The average Bonchev–Trinajstić information content (AvgIpc) is 2.38. The highest BCUT2D eigenvalue weighted by atomic mass is 16.3. The SMILES string of the molecule is CC(CO)N(C)C(C)C(=O)Nc1ccc(N)cc1. The fourth-order valence-corrected chi connectivity index (χ4v) is 1.51. The predicted octanol–water partition coefficient (Wildman–Crippen LogP) is 0.908. The summed E-state index contributed by atoms with van der Waals surface area (Å²) in [6.07, 6.45) is 0. The maximum Gasteiger partial charge on any atom is 0.241 e. The number of rotatable bonds is 5. The summed E-state index contributed by atoms with van der Waals surface area (Å²) in [5.41, 5.74) is 6.95. The molecule has 5 heteroatoms. The van der Waals surface area contributed by atoms with E-state index in [9.17, 15) is 4.79 Å². The monoisotopic (exact) mass is 251 g/mol. The minimum absolute atomic E-state index is 0.0238. The van der Waals surface area contributed by atoms with E-state index in [0.29, 0.717) is 11.4 Å². The van der Waals surface area contributed by atoms with Gasteiger partial charge >= 0.3 is 0 Å². The largest absolute Gasteiger partial charge is 0.399 e. The Labute approximate surface area is 108 Å². The third-order valence-corrected chi connectivity index (χ3v) is 3.13. The van der Waals surface area contributed by atoms with Crippen LogP contribution in [0.2, 0.25) is 0 Å². The third-order valence-electron chi connectivity index (χ3n) is 3.13. The first-order valence-corrected chi connectivity index (χ1v) is 5.95. The summed E-state index contributed by atoms with van der Waals surface area (Å²) in [6, 6.07) is 6.62. The summed E-state index contributed by atoms with van der Waals surface area (Å²) in [4.78, 5) is 13.8. The van der Waals surface area contributed by atoms with Gasteiger partial charge < -0.3 is 16.2 Å². The van der Waals surface area contributed by atoms with Crippen LogP contribution in [-0.2, 0) is 4.79 Å². The molecule has 4 N–H and O–H groups in total. The number of amides is 1. The minimum atomic E-state index is -0.315. The summed E-state index contributed by atoms with van der Waals surface area (Å²) < 4.78 is 0. The minimum Gasteiger partial charge on any atom is -0.399 e. The third kappa shape index (κ3) is 3.72. The molecule has 0 aliphatic heterocycles. The number of likely N-dealkylation sites (N-methyl/N-ethyl adjacent to an activating group) is 1. The van der Waals surface area contributed by atoms with Crippen molar-refractivity contribution < 1.29 is 9.90 Å². The van der Waals surface area contributed by atoms with Gasteiger partial charge in [-0.25, -0.2) is 0 Å². The summed E-state index contributed by atoms with van der Waals surface area (Å²) in [5.74, 6) is -0.109. The molecule has 0 radical (unpaired) electrons. The average molecular weight is 251 g/mol. The number of benzene rings is 1. The summed E-state index contributed by atoms with van der Waals surface area (Å²) >= 11 is 0.